The molecular weight excluding hydrogens is 287 g/mol. The zero-order chi connectivity index (χ0) is 15.4. The van der Waals surface area contributed by atoms with E-state index in [-0.39, 0.29) is 11.4 Å². The third-order valence-electron chi connectivity index (χ3n) is 3.97. The zero-order valence-corrected chi connectivity index (χ0v) is 13.5. The Kier molecular flexibility index (Phi) is 4.49. The molecule has 3 rings (SSSR count). The van der Waals surface area contributed by atoms with Gasteiger partial charge in [0.15, 0.2) is 0 Å². The molecule has 2 heteroatoms. The van der Waals surface area contributed by atoms with Crippen LogP contribution in [0.15, 0.2) is 84.9 Å². The monoisotopic (exact) mass is 305 g/mol. The predicted octanol–water partition coefficient (Wildman–Crippen LogP) is 3.78. The maximum absolute atomic E-state index is 14.2. The van der Waals surface area contributed by atoms with E-state index in [9.17, 15) is 4.39 Å². The van der Waals surface area contributed by atoms with E-state index in [1.165, 1.54) is 10.4 Å². The van der Waals surface area contributed by atoms with Gasteiger partial charge >= 0.3 is 0 Å². The van der Waals surface area contributed by atoms with Gasteiger partial charge in [-0.05, 0) is 17.2 Å². The number of hydrogen-bond donors (Lipinski definition) is 0. The molecule has 0 spiro atoms. The van der Waals surface area contributed by atoms with Crippen molar-refractivity contribution >= 4 is 19.2 Å². The zero-order valence-electron chi connectivity index (χ0n) is 12.5. The average Bonchev–Trinajstić information content (AvgIpc) is 2.57. The van der Waals surface area contributed by atoms with E-state index in [0.29, 0.717) is 0 Å². The molecule has 0 fully saturated rings. The van der Waals surface area contributed by atoms with Gasteiger partial charge in [0.25, 0.3) is 0 Å². The van der Waals surface area contributed by atoms with Crippen LogP contribution in [0, 0.1) is 5.82 Å². The maximum atomic E-state index is 14.2. The number of rotatable bonds is 4. The molecule has 0 saturated carbocycles. The van der Waals surface area contributed by atoms with E-state index in [1.807, 2.05) is 24.3 Å². The Morgan fingerprint density at radius 2 is 1.14 bits per heavy atom. The van der Waals surface area contributed by atoms with Gasteiger partial charge in [0.05, 0.1) is 0 Å². The minimum Gasteiger partial charge on any atom is -0.207 e. The lowest BCUT2D eigenvalue weighted by Gasteiger charge is -2.24. The number of hydrogen-bond acceptors (Lipinski definition) is 0. The van der Waals surface area contributed by atoms with Crippen LogP contribution in [0.4, 0.5) is 4.39 Å². The van der Waals surface area contributed by atoms with Crippen LogP contribution in [0.25, 0.3) is 0 Å². The summed E-state index contributed by atoms with van der Waals surface area (Å²) in [5, 5.41) is 2.63. The Morgan fingerprint density at radius 1 is 0.682 bits per heavy atom. The van der Waals surface area contributed by atoms with E-state index in [2.05, 4.69) is 55.5 Å². The molecule has 22 heavy (non-hydrogen) atoms. The highest BCUT2D eigenvalue weighted by Gasteiger charge is 2.26. The average molecular weight is 305 g/mol. The van der Waals surface area contributed by atoms with Crippen molar-refractivity contribution in [3.05, 3.63) is 96.3 Å². The Morgan fingerprint density at radius 3 is 1.64 bits per heavy atom. The molecule has 1 radical (unpaired) electrons. The molecule has 1 atom stereocenters. The van der Waals surface area contributed by atoms with Gasteiger partial charge in [0, 0.05) is 0 Å². The van der Waals surface area contributed by atoms with Crippen molar-refractivity contribution in [2.24, 2.45) is 0 Å². The molecule has 109 valence electrons. The Hall–Kier alpha value is -2.19. The third kappa shape index (κ3) is 3.02. The van der Waals surface area contributed by atoms with E-state index in [1.54, 1.807) is 12.1 Å². The summed E-state index contributed by atoms with van der Waals surface area (Å²) in [4.78, 5) is 0. The second kappa shape index (κ2) is 6.71. The largest absolute Gasteiger partial charge is 0.207 e. The molecule has 0 aliphatic carbocycles. The highest BCUT2D eigenvalue weighted by atomic mass is 28.3. The number of benzene rings is 3. The summed E-state index contributed by atoms with van der Waals surface area (Å²) in [6.07, 6.45) is 0. The van der Waals surface area contributed by atoms with Crippen LogP contribution in [0.3, 0.4) is 0 Å². The van der Waals surface area contributed by atoms with Gasteiger partial charge in [-0.25, -0.2) is 4.39 Å². The summed E-state index contributed by atoms with van der Waals surface area (Å²) in [5.74, 6) is -0.107. The second-order valence-electron chi connectivity index (χ2n) is 5.39. The maximum Gasteiger partial charge on any atom is 0.128 e. The summed E-state index contributed by atoms with van der Waals surface area (Å²) in [7, 11) is -1.09. The molecule has 0 N–H and O–H groups in total. The smallest absolute Gasteiger partial charge is 0.128 e. The number of halogens is 1. The summed E-state index contributed by atoms with van der Waals surface area (Å²) in [6.45, 7) is 2.15. The Balaban J connectivity index is 2.08. The first kappa shape index (κ1) is 14.7. The fraction of sp³-hybridized carbons (Fsp3) is 0.100. The summed E-state index contributed by atoms with van der Waals surface area (Å²) < 4.78 is 14.2. The van der Waals surface area contributed by atoms with Crippen molar-refractivity contribution in [3.8, 4) is 0 Å². The van der Waals surface area contributed by atoms with E-state index in [4.69, 9.17) is 0 Å². The summed E-state index contributed by atoms with van der Waals surface area (Å²) in [6, 6.07) is 28.1. The first-order valence-corrected chi connectivity index (χ1v) is 9.07. The van der Waals surface area contributed by atoms with Crippen LogP contribution in [-0.4, -0.2) is 8.80 Å². The van der Waals surface area contributed by atoms with E-state index in [0.717, 1.165) is 5.56 Å². The fourth-order valence-electron chi connectivity index (χ4n) is 2.88. The SMILES string of the molecule is C[C@@H](c1ccccc1F)[Si](c1ccccc1)c1ccccc1. The van der Waals surface area contributed by atoms with Crippen molar-refractivity contribution < 1.29 is 4.39 Å². The lowest BCUT2D eigenvalue weighted by atomic mass is 10.1. The quantitative estimate of drug-likeness (QED) is 0.644. The molecule has 0 aliphatic heterocycles. The van der Waals surface area contributed by atoms with Gasteiger partial charge in [-0.3, -0.25) is 0 Å². The van der Waals surface area contributed by atoms with Crippen LogP contribution in [-0.2, 0) is 0 Å². The minimum atomic E-state index is -1.09. The molecule has 0 amide bonds. The Bertz CT molecular complexity index is 685. The highest BCUT2D eigenvalue weighted by Crippen LogP contribution is 2.21. The van der Waals surface area contributed by atoms with Gasteiger partial charge in [-0.15, -0.1) is 0 Å². The van der Waals surface area contributed by atoms with Gasteiger partial charge in [-0.1, -0.05) is 96.2 Å². The normalized spacial score (nSPS) is 12.3. The van der Waals surface area contributed by atoms with Crippen LogP contribution >= 0.6 is 0 Å². The topological polar surface area (TPSA) is 0 Å². The van der Waals surface area contributed by atoms with Crippen LogP contribution in [0.1, 0.15) is 18.0 Å². The van der Waals surface area contributed by atoms with Gasteiger partial charge in [0.1, 0.15) is 14.6 Å². The molecular formula is C20H18FSi. The van der Waals surface area contributed by atoms with E-state index < -0.39 is 8.80 Å². The lowest BCUT2D eigenvalue weighted by Crippen LogP contribution is -2.46. The molecule has 3 aromatic carbocycles. The van der Waals surface area contributed by atoms with Crippen LogP contribution in [0.2, 0.25) is 0 Å². The molecule has 3 aromatic rings. The van der Waals surface area contributed by atoms with Gasteiger partial charge < -0.3 is 0 Å². The van der Waals surface area contributed by atoms with Crippen molar-refractivity contribution in [2.75, 3.05) is 0 Å². The van der Waals surface area contributed by atoms with Gasteiger partial charge in [0.2, 0.25) is 0 Å². The second-order valence-corrected chi connectivity index (χ2v) is 8.24. The molecule has 0 aliphatic rings. The van der Waals surface area contributed by atoms with Gasteiger partial charge in [-0.2, -0.15) is 0 Å². The molecule has 0 aromatic heterocycles. The van der Waals surface area contributed by atoms with Crippen molar-refractivity contribution in [1.29, 1.82) is 0 Å². The molecule has 0 bridgehead atoms. The molecule has 0 nitrogen and oxygen atoms in total. The van der Waals surface area contributed by atoms with Crippen LogP contribution < -0.4 is 10.4 Å². The summed E-state index contributed by atoms with van der Waals surface area (Å²) in [5.41, 5.74) is 0.972. The fourth-order valence-corrected chi connectivity index (χ4v) is 5.87. The molecule has 0 heterocycles. The Labute approximate surface area is 132 Å². The van der Waals surface area contributed by atoms with E-state index >= 15 is 0 Å². The first-order valence-electron chi connectivity index (χ1n) is 7.49. The third-order valence-corrected chi connectivity index (χ3v) is 7.06. The summed E-state index contributed by atoms with van der Waals surface area (Å²) >= 11 is 0. The van der Waals surface area contributed by atoms with Crippen molar-refractivity contribution in [3.63, 3.8) is 0 Å². The van der Waals surface area contributed by atoms with Crippen LogP contribution in [0.5, 0.6) is 0 Å². The van der Waals surface area contributed by atoms with Crippen molar-refractivity contribution in [2.45, 2.75) is 12.5 Å². The predicted molar refractivity (Wildman–Crippen MR) is 92.7 cm³/mol. The lowest BCUT2D eigenvalue weighted by molar-refractivity contribution is 0.609. The minimum absolute atomic E-state index is 0.107. The molecule has 0 saturated heterocycles. The standard InChI is InChI=1S/C20H18FSi/c1-16(19-14-8-9-15-20(19)21)22(17-10-4-2-5-11-17)18-12-6-3-7-13-18/h2-16H,1H3/t16-/m0/s1. The highest BCUT2D eigenvalue weighted by molar-refractivity contribution is 6.86. The van der Waals surface area contributed by atoms with Crippen molar-refractivity contribution in [1.82, 2.24) is 0 Å². The molecule has 0 unspecified atom stereocenters. The first-order chi connectivity index (χ1) is 10.8.